The monoisotopic (exact) mass is 452 g/mol. The molecule has 0 aromatic rings. The number of carbonyl (C=O) groups is 8. The predicted molar refractivity (Wildman–Crippen MR) is 93.5 cm³/mol. The molecule has 0 aliphatic rings. The third-order valence-electron chi connectivity index (χ3n) is 2.45. The molecule has 0 bridgehead atoms. The van der Waals surface area contributed by atoms with Gasteiger partial charge in [-0.25, -0.2) is 14.4 Å². The SMILES string of the molecule is CC(=O)OC(=O)/C=C/C(=O)O.CCC(=O)O.O=COC(CC(=O)O)(CC(=O)O)C(=O)O. The molecule has 0 atom stereocenters. The van der Waals surface area contributed by atoms with Crippen molar-refractivity contribution >= 4 is 48.3 Å². The van der Waals surface area contributed by atoms with Crippen LogP contribution in [-0.4, -0.2) is 79.4 Å². The molecule has 0 aromatic heterocycles. The maximum Gasteiger partial charge on any atom is 0.349 e. The molecule has 0 rings (SSSR count). The van der Waals surface area contributed by atoms with Crippen LogP contribution in [0.15, 0.2) is 12.2 Å². The first-order valence-electron chi connectivity index (χ1n) is 7.77. The highest BCUT2D eigenvalue weighted by Crippen LogP contribution is 2.20. The Morgan fingerprint density at radius 3 is 1.45 bits per heavy atom. The minimum atomic E-state index is -2.56. The second-order valence-electron chi connectivity index (χ2n) is 4.99. The zero-order chi connectivity index (χ0) is 25.2. The number of ether oxygens (including phenoxy) is 2. The summed E-state index contributed by atoms with van der Waals surface area (Å²) in [4.78, 5) is 81.0. The summed E-state index contributed by atoms with van der Waals surface area (Å²) >= 11 is 0. The van der Waals surface area contributed by atoms with E-state index >= 15 is 0 Å². The molecule has 15 nitrogen and oxygen atoms in total. The summed E-state index contributed by atoms with van der Waals surface area (Å²) in [7, 11) is 0. The van der Waals surface area contributed by atoms with Crippen molar-refractivity contribution in [2.75, 3.05) is 0 Å². The van der Waals surface area contributed by atoms with Crippen LogP contribution in [0.5, 0.6) is 0 Å². The number of aliphatic carboxylic acids is 5. The van der Waals surface area contributed by atoms with Gasteiger partial charge in [-0.05, 0) is 0 Å². The lowest BCUT2D eigenvalue weighted by molar-refractivity contribution is -0.179. The van der Waals surface area contributed by atoms with E-state index in [0.29, 0.717) is 12.2 Å². The molecule has 0 aliphatic carbocycles. The maximum absolute atomic E-state index is 10.7. The number of carboxylic acid groups (broad SMARTS) is 5. The van der Waals surface area contributed by atoms with Crippen molar-refractivity contribution < 1.29 is 73.4 Å². The summed E-state index contributed by atoms with van der Waals surface area (Å²) < 4.78 is 8.04. The summed E-state index contributed by atoms with van der Waals surface area (Å²) in [5.74, 6) is -8.76. The molecule has 0 heterocycles. The Kier molecular flexibility index (Phi) is 16.8. The fraction of sp³-hybridized carbons (Fsp3) is 0.375. The fourth-order valence-electron chi connectivity index (χ4n) is 1.24. The highest BCUT2D eigenvalue weighted by atomic mass is 16.6. The highest BCUT2D eigenvalue weighted by Gasteiger charge is 2.45. The summed E-state index contributed by atoms with van der Waals surface area (Å²) in [5, 5.41) is 41.2. The molecule has 0 saturated carbocycles. The molecule has 0 unspecified atom stereocenters. The smallest absolute Gasteiger partial charge is 0.349 e. The molecule has 0 radical (unpaired) electrons. The van der Waals surface area contributed by atoms with Crippen LogP contribution < -0.4 is 0 Å². The van der Waals surface area contributed by atoms with E-state index in [-0.39, 0.29) is 12.9 Å². The molecule has 0 amide bonds. The van der Waals surface area contributed by atoms with Crippen molar-refractivity contribution in [1.29, 1.82) is 0 Å². The van der Waals surface area contributed by atoms with Gasteiger partial charge in [-0.1, -0.05) is 6.92 Å². The fourth-order valence-corrected chi connectivity index (χ4v) is 1.24. The Labute approximate surface area is 173 Å². The van der Waals surface area contributed by atoms with Gasteiger partial charge in [0.05, 0.1) is 12.8 Å². The van der Waals surface area contributed by atoms with Crippen LogP contribution in [-0.2, 0) is 47.8 Å². The zero-order valence-electron chi connectivity index (χ0n) is 16.2. The minimum absolute atomic E-state index is 0.222. The third-order valence-corrected chi connectivity index (χ3v) is 2.45. The van der Waals surface area contributed by atoms with Crippen molar-refractivity contribution in [1.82, 2.24) is 0 Å². The molecule has 174 valence electrons. The van der Waals surface area contributed by atoms with E-state index in [2.05, 4.69) is 9.47 Å². The largest absolute Gasteiger partial charge is 0.481 e. The van der Waals surface area contributed by atoms with E-state index in [0.717, 1.165) is 6.92 Å². The van der Waals surface area contributed by atoms with E-state index in [1.807, 2.05) is 0 Å². The van der Waals surface area contributed by atoms with Crippen molar-refractivity contribution in [2.45, 2.75) is 38.7 Å². The van der Waals surface area contributed by atoms with E-state index in [9.17, 15) is 38.4 Å². The lowest BCUT2D eigenvalue weighted by Crippen LogP contribution is -2.45. The van der Waals surface area contributed by atoms with Crippen molar-refractivity contribution in [3.63, 3.8) is 0 Å². The number of carbonyl (C=O) groups excluding carboxylic acids is 3. The van der Waals surface area contributed by atoms with Crippen LogP contribution in [0.25, 0.3) is 0 Å². The molecule has 0 aliphatic heterocycles. The van der Waals surface area contributed by atoms with Gasteiger partial charge < -0.3 is 35.0 Å². The first kappa shape index (κ1) is 31.4. The summed E-state index contributed by atoms with van der Waals surface area (Å²) in [6.07, 6.45) is -0.768. The summed E-state index contributed by atoms with van der Waals surface area (Å²) in [5.41, 5.74) is -2.56. The number of hydrogen-bond acceptors (Lipinski definition) is 10. The number of hydrogen-bond donors (Lipinski definition) is 5. The predicted octanol–water partition coefficient (Wildman–Crippen LogP) is -0.870. The van der Waals surface area contributed by atoms with E-state index in [1.54, 1.807) is 6.92 Å². The quantitative estimate of drug-likeness (QED) is 0.117. The van der Waals surface area contributed by atoms with Crippen molar-refractivity contribution in [2.24, 2.45) is 0 Å². The van der Waals surface area contributed by atoms with Gasteiger partial charge >= 0.3 is 41.8 Å². The molecular weight excluding hydrogens is 432 g/mol. The van der Waals surface area contributed by atoms with Gasteiger partial charge in [-0.3, -0.25) is 24.0 Å². The van der Waals surface area contributed by atoms with E-state index in [4.69, 9.17) is 25.5 Å². The molecule has 0 saturated heterocycles. The van der Waals surface area contributed by atoms with Crippen molar-refractivity contribution in [3.05, 3.63) is 12.2 Å². The minimum Gasteiger partial charge on any atom is -0.481 e. The average Bonchev–Trinajstić information content (AvgIpc) is 2.59. The second kappa shape index (κ2) is 16.6. The molecule has 31 heavy (non-hydrogen) atoms. The highest BCUT2D eigenvalue weighted by molar-refractivity contribution is 5.95. The third kappa shape index (κ3) is 20.2. The van der Waals surface area contributed by atoms with Crippen LogP contribution in [0, 0.1) is 0 Å². The lowest BCUT2D eigenvalue weighted by Gasteiger charge is -2.23. The van der Waals surface area contributed by atoms with Gasteiger partial charge in [0.15, 0.2) is 0 Å². The Morgan fingerprint density at radius 2 is 1.23 bits per heavy atom. The molecular formula is C16H20O15. The van der Waals surface area contributed by atoms with Crippen LogP contribution in [0.4, 0.5) is 0 Å². The Balaban J connectivity index is -0.000000428. The number of carboxylic acids is 5. The number of esters is 2. The average molecular weight is 452 g/mol. The topological polar surface area (TPSA) is 256 Å². The molecule has 0 spiro atoms. The van der Waals surface area contributed by atoms with Gasteiger partial charge in [0, 0.05) is 25.5 Å². The van der Waals surface area contributed by atoms with Gasteiger partial charge in [-0.2, -0.15) is 0 Å². The molecule has 5 N–H and O–H groups in total. The molecule has 0 aromatic carbocycles. The van der Waals surface area contributed by atoms with Crippen molar-refractivity contribution in [3.8, 4) is 0 Å². The van der Waals surface area contributed by atoms with E-state index in [1.165, 1.54) is 0 Å². The Hall–Kier alpha value is -4.30. The first-order valence-corrected chi connectivity index (χ1v) is 7.77. The van der Waals surface area contributed by atoms with Gasteiger partial charge in [0.1, 0.15) is 0 Å². The zero-order valence-corrected chi connectivity index (χ0v) is 16.2. The first-order chi connectivity index (χ1) is 14.1. The standard InChI is InChI=1S/C7H8O8.C6H6O5.C3H6O2/c8-3-15-7(6(13)14,1-4(9)10)2-5(11)12;1-4(7)11-6(10)3-2-5(8)9;1-2-3(4)5/h3H,1-2H2,(H,9,10)(H,11,12)(H,13,14);2-3H,1H3,(H,8,9);2H2,1H3,(H,4,5)/b;3-2+;. The van der Waals surface area contributed by atoms with Crippen LogP contribution >= 0.6 is 0 Å². The summed E-state index contributed by atoms with van der Waals surface area (Å²) in [6, 6.07) is 0. The van der Waals surface area contributed by atoms with Crippen LogP contribution in [0.1, 0.15) is 33.1 Å². The van der Waals surface area contributed by atoms with Gasteiger partial charge in [0.25, 0.3) is 6.47 Å². The number of rotatable bonds is 10. The van der Waals surface area contributed by atoms with Gasteiger partial charge in [-0.15, -0.1) is 0 Å². The van der Waals surface area contributed by atoms with Crippen LogP contribution in [0.3, 0.4) is 0 Å². The Morgan fingerprint density at radius 1 is 0.806 bits per heavy atom. The molecule has 15 heteroatoms. The second-order valence-corrected chi connectivity index (χ2v) is 4.99. The lowest BCUT2D eigenvalue weighted by atomic mass is 9.95. The van der Waals surface area contributed by atoms with Gasteiger partial charge in [0.2, 0.25) is 5.60 Å². The Bertz CT molecular complexity index is 703. The normalized spacial score (nSPS) is 9.61. The van der Waals surface area contributed by atoms with E-state index < -0.39 is 60.2 Å². The maximum atomic E-state index is 10.7. The summed E-state index contributed by atoms with van der Waals surface area (Å²) in [6.45, 7) is 2.36. The molecule has 0 fully saturated rings. The van der Waals surface area contributed by atoms with Crippen LogP contribution in [0.2, 0.25) is 0 Å².